The van der Waals surface area contributed by atoms with Crippen LogP contribution in [-0.4, -0.2) is 50.1 Å². The van der Waals surface area contributed by atoms with Gasteiger partial charge in [0.15, 0.2) is 0 Å². The molecule has 0 saturated carbocycles. The molecule has 0 spiro atoms. The van der Waals surface area contributed by atoms with Crippen LogP contribution in [0.2, 0.25) is 18.1 Å². The van der Waals surface area contributed by atoms with Crippen molar-refractivity contribution in [2.24, 2.45) is 0 Å². The van der Waals surface area contributed by atoms with Gasteiger partial charge in [-0.15, -0.1) is 0 Å². The summed E-state index contributed by atoms with van der Waals surface area (Å²) in [6, 6.07) is 25.6. The molecule has 1 saturated heterocycles. The van der Waals surface area contributed by atoms with Gasteiger partial charge in [0.25, 0.3) is 0 Å². The molecule has 0 unspecified atom stereocenters. The molecule has 1 aliphatic heterocycles. The smallest absolute Gasteiger partial charge is 0.410 e. The third-order valence-electron chi connectivity index (χ3n) is 8.16. The van der Waals surface area contributed by atoms with Crippen LogP contribution in [0.5, 0.6) is 5.75 Å². The van der Waals surface area contributed by atoms with E-state index >= 15 is 0 Å². The van der Waals surface area contributed by atoms with Crippen LogP contribution < -0.4 is 4.43 Å². The Hall–Kier alpha value is -3.58. The van der Waals surface area contributed by atoms with Gasteiger partial charge in [0, 0.05) is 12.5 Å². The molecule has 1 amide bonds. The number of esters is 1. The molecule has 1 heterocycles. The van der Waals surface area contributed by atoms with Gasteiger partial charge >= 0.3 is 12.1 Å². The molecule has 42 heavy (non-hydrogen) atoms. The van der Waals surface area contributed by atoms with Crippen molar-refractivity contribution in [3.05, 3.63) is 90.0 Å². The molecular weight excluding hydrogens is 542 g/mol. The first kappa shape index (κ1) is 31.4. The lowest BCUT2D eigenvalue weighted by Crippen LogP contribution is -2.49. The highest BCUT2D eigenvalue weighted by Crippen LogP contribution is 2.39. The molecule has 6 nitrogen and oxygen atoms in total. The predicted octanol–water partition coefficient (Wildman–Crippen LogP) is 8.69. The molecule has 2 atom stereocenters. The Morgan fingerprint density at radius 1 is 0.833 bits per heavy atom. The van der Waals surface area contributed by atoms with Gasteiger partial charge in [-0.3, -0.25) is 0 Å². The number of hydrogen-bond donors (Lipinski definition) is 0. The van der Waals surface area contributed by atoms with Crippen molar-refractivity contribution >= 4 is 20.4 Å². The monoisotopic (exact) mass is 587 g/mol. The Morgan fingerprint density at radius 3 is 2.10 bits per heavy atom. The van der Waals surface area contributed by atoms with Crippen molar-refractivity contribution < 1.29 is 23.5 Å². The lowest BCUT2D eigenvalue weighted by Gasteiger charge is -2.39. The van der Waals surface area contributed by atoms with Crippen molar-refractivity contribution in [1.82, 2.24) is 4.90 Å². The molecule has 0 bridgehead atoms. The molecule has 3 aromatic rings. The second-order valence-electron chi connectivity index (χ2n) is 13.6. The van der Waals surface area contributed by atoms with Gasteiger partial charge in [-0.05, 0) is 86.3 Å². The van der Waals surface area contributed by atoms with E-state index in [0.29, 0.717) is 18.5 Å². The minimum atomic E-state index is -2.04. The van der Waals surface area contributed by atoms with E-state index in [1.165, 1.54) is 0 Å². The van der Waals surface area contributed by atoms with E-state index in [9.17, 15) is 9.59 Å². The maximum atomic E-state index is 13.4. The Balaban J connectivity index is 1.58. The van der Waals surface area contributed by atoms with Crippen molar-refractivity contribution in [3.63, 3.8) is 0 Å². The van der Waals surface area contributed by atoms with Crippen molar-refractivity contribution in [2.75, 3.05) is 13.1 Å². The maximum Gasteiger partial charge on any atom is 0.410 e. The number of rotatable bonds is 6. The van der Waals surface area contributed by atoms with E-state index in [0.717, 1.165) is 22.4 Å². The van der Waals surface area contributed by atoms with Gasteiger partial charge in [0.05, 0.1) is 12.1 Å². The van der Waals surface area contributed by atoms with Gasteiger partial charge in [-0.1, -0.05) is 75.4 Å². The summed E-state index contributed by atoms with van der Waals surface area (Å²) in [6.07, 6.45) is -0.312. The fourth-order valence-electron chi connectivity index (χ4n) is 4.80. The van der Waals surface area contributed by atoms with E-state index < -0.39 is 32.1 Å². The summed E-state index contributed by atoms with van der Waals surface area (Å²) < 4.78 is 18.4. The summed E-state index contributed by atoms with van der Waals surface area (Å²) in [5.74, 6) is 0.318. The summed E-state index contributed by atoms with van der Waals surface area (Å²) in [6.45, 7) is 17.4. The number of amides is 1. The SMILES string of the molecule is CC(C)(C)OC(=O)N1CC[C@@H](c2cccc(O[Si](C)(C)C(C)(C)C)c2)[C@H](OC(=O)c2ccc(-c3ccccc3)cc2)C1. The van der Waals surface area contributed by atoms with Crippen LogP contribution in [0.15, 0.2) is 78.9 Å². The van der Waals surface area contributed by atoms with Crippen LogP contribution in [0.4, 0.5) is 4.79 Å². The van der Waals surface area contributed by atoms with Crippen molar-refractivity contribution in [2.45, 2.75) is 83.7 Å². The zero-order valence-electron chi connectivity index (χ0n) is 26.3. The van der Waals surface area contributed by atoms with E-state index in [1.807, 2.05) is 75.4 Å². The average molecular weight is 588 g/mol. The van der Waals surface area contributed by atoms with E-state index in [-0.39, 0.29) is 17.5 Å². The fourth-order valence-corrected chi connectivity index (χ4v) is 5.82. The molecule has 1 aliphatic rings. The summed E-state index contributed by atoms with van der Waals surface area (Å²) in [4.78, 5) is 28.1. The normalized spacial score (nSPS) is 17.9. The molecule has 0 aliphatic carbocycles. The quantitative estimate of drug-likeness (QED) is 0.213. The molecule has 0 aromatic heterocycles. The summed E-state index contributed by atoms with van der Waals surface area (Å²) in [5.41, 5.74) is 3.00. The van der Waals surface area contributed by atoms with Crippen LogP contribution in [0.25, 0.3) is 11.1 Å². The lowest BCUT2D eigenvalue weighted by molar-refractivity contribution is -0.0182. The van der Waals surface area contributed by atoms with Crippen LogP contribution in [0, 0.1) is 0 Å². The second kappa shape index (κ2) is 12.3. The maximum absolute atomic E-state index is 13.4. The Morgan fingerprint density at radius 2 is 1.48 bits per heavy atom. The number of ether oxygens (including phenoxy) is 2. The Labute approximate surface area is 252 Å². The van der Waals surface area contributed by atoms with Crippen LogP contribution in [0.1, 0.15) is 69.8 Å². The van der Waals surface area contributed by atoms with Crippen LogP contribution >= 0.6 is 0 Å². The third-order valence-corrected chi connectivity index (χ3v) is 12.5. The fraction of sp³-hybridized carbons (Fsp3) is 0.429. The molecule has 3 aromatic carbocycles. The molecule has 0 N–H and O–H groups in total. The number of hydrogen-bond acceptors (Lipinski definition) is 5. The predicted molar refractivity (Wildman–Crippen MR) is 171 cm³/mol. The highest BCUT2D eigenvalue weighted by molar-refractivity contribution is 6.74. The molecule has 0 radical (unpaired) electrons. The number of carbonyl (C=O) groups is 2. The standard InChI is InChI=1S/C35H45NO5Si/c1-34(2,3)40-33(38)36-22-21-30(28-15-12-16-29(23-28)41-42(7,8)35(4,5)6)31(24-36)39-32(37)27-19-17-26(18-20-27)25-13-10-9-11-14-25/h9-20,23,30-31H,21-22,24H2,1-8H3/t30-,31+/m0/s1. The second-order valence-corrected chi connectivity index (χ2v) is 18.4. The van der Waals surface area contributed by atoms with E-state index in [1.54, 1.807) is 17.0 Å². The largest absolute Gasteiger partial charge is 0.543 e. The first-order valence-electron chi connectivity index (χ1n) is 14.8. The summed E-state index contributed by atoms with van der Waals surface area (Å²) in [7, 11) is -2.04. The number of benzene rings is 3. The lowest BCUT2D eigenvalue weighted by atomic mass is 9.87. The summed E-state index contributed by atoms with van der Waals surface area (Å²) in [5, 5.41) is 0.0654. The third kappa shape index (κ3) is 7.82. The number of piperidine rings is 1. The first-order chi connectivity index (χ1) is 19.6. The number of nitrogens with zero attached hydrogens (tertiary/aromatic N) is 1. The minimum absolute atomic E-state index is 0.0654. The van der Waals surface area contributed by atoms with E-state index in [2.05, 4.69) is 46.0 Å². The van der Waals surface area contributed by atoms with Gasteiger partial charge in [0.1, 0.15) is 17.5 Å². The van der Waals surface area contributed by atoms with Crippen molar-refractivity contribution in [1.29, 1.82) is 0 Å². The van der Waals surface area contributed by atoms with Gasteiger partial charge < -0.3 is 18.8 Å². The highest BCUT2D eigenvalue weighted by Gasteiger charge is 2.40. The van der Waals surface area contributed by atoms with E-state index in [4.69, 9.17) is 13.9 Å². The van der Waals surface area contributed by atoms with Gasteiger partial charge in [0.2, 0.25) is 8.32 Å². The summed E-state index contributed by atoms with van der Waals surface area (Å²) >= 11 is 0. The molecule has 7 heteroatoms. The van der Waals surface area contributed by atoms with Gasteiger partial charge in [-0.25, -0.2) is 9.59 Å². The number of likely N-dealkylation sites (tertiary alicyclic amines) is 1. The van der Waals surface area contributed by atoms with Crippen LogP contribution in [-0.2, 0) is 9.47 Å². The Kier molecular flexibility index (Phi) is 9.21. The number of carbonyl (C=O) groups excluding carboxylic acids is 2. The molecule has 4 rings (SSSR count). The first-order valence-corrected chi connectivity index (χ1v) is 17.7. The zero-order chi connectivity index (χ0) is 30.7. The van der Waals surface area contributed by atoms with Crippen molar-refractivity contribution in [3.8, 4) is 16.9 Å². The van der Waals surface area contributed by atoms with Crippen LogP contribution in [0.3, 0.4) is 0 Å². The average Bonchev–Trinajstić information content (AvgIpc) is 2.92. The molecule has 224 valence electrons. The van der Waals surface area contributed by atoms with Gasteiger partial charge in [-0.2, -0.15) is 0 Å². The highest BCUT2D eigenvalue weighted by atomic mass is 28.4. The topological polar surface area (TPSA) is 65.1 Å². The Bertz CT molecular complexity index is 1370. The molecular formula is C35H45NO5Si. The zero-order valence-corrected chi connectivity index (χ0v) is 27.3. The molecule has 1 fully saturated rings. The minimum Gasteiger partial charge on any atom is -0.543 e.